The number of aromatic nitrogens is 5. The van der Waals surface area contributed by atoms with Gasteiger partial charge in [-0.1, -0.05) is 35.0 Å². The first-order valence-corrected chi connectivity index (χ1v) is 10.0. The fraction of sp³-hybridized carbons (Fsp3) is 0.400. The van der Waals surface area contributed by atoms with Crippen molar-refractivity contribution >= 4 is 17.5 Å². The van der Waals surface area contributed by atoms with Gasteiger partial charge in [0.1, 0.15) is 0 Å². The molecule has 1 fully saturated rings. The molecule has 7 nitrogen and oxygen atoms in total. The van der Waals surface area contributed by atoms with E-state index in [0.29, 0.717) is 17.3 Å². The summed E-state index contributed by atoms with van der Waals surface area (Å²) in [4.78, 5) is 15.0. The second kappa shape index (κ2) is 8.56. The number of hydrogen-bond acceptors (Lipinski definition) is 4. The van der Waals surface area contributed by atoms with Crippen molar-refractivity contribution in [3.05, 3.63) is 65.2 Å². The Morgan fingerprint density at radius 3 is 2.89 bits per heavy atom. The maximum atomic E-state index is 13.1. The number of benzene rings is 1. The monoisotopic (exact) mass is 398 g/mol. The first-order chi connectivity index (χ1) is 13.7. The molecule has 3 heterocycles. The zero-order valence-corrected chi connectivity index (χ0v) is 16.4. The van der Waals surface area contributed by atoms with Crippen molar-refractivity contribution in [2.45, 2.75) is 44.8 Å². The third kappa shape index (κ3) is 4.25. The Labute approximate surface area is 168 Å². The number of halogens is 1. The summed E-state index contributed by atoms with van der Waals surface area (Å²) in [5.41, 5.74) is 1.33. The van der Waals surface area contributed by atoms with Crippen molar-refractivity contribution in [3.63, 3.8) is 0 Å². The number of rotatable bonds is 6. The highest BCUT2D eigenvalue weighted by molar-refractivity contribution is 6.31. The number of nitrogens with zero attached hydrogens (tertiary/aromatic N) is 6. The van der Waals surface area contributed by atoms with E-state index in [4.69, 9.17) is 11.6 Å². The number of hydrogen-bond donors (Lipinski definition) is 0. The van der Waals surface area contributed by atoms with Crippen LogP contribution in [0.25, 0.3) is 0 Å². The van der Waals surface area contributed by atoms with E-state index in [9.17, 15) is 4.79 Å². The minimum absolute atomic E-state index is 0.0458. The van der Waals surface area contributed by atoms with Gasteiger partial charge in [0.25, 0.3) is 5.91 Å². The molecule has 3 aromatic rings. The van der Waals surface area contributed by atoms with Crippen LogP contribution in [0.15, 0.2) is 48.9 Å². The van der Waals surface area contributed by atoms with Gasteiger partial charge in [-0.3, -0.25) is 9.48 Å². The summed E-state index contributed by atoms with van der Waals surface area (Å²) >= 11 is 6.22. The van der Waals surface area contributed by atoms with Gasteiger partial charge in [-0.15, -0.1) is 5.10 Å². The largest absolute Gasteiger partial charge is 0.334 e. The summed E-state index contributed by atoms with van der Waals surface area (Å²) in [6.45, 7) is 2.06. The molecule has 2 aromatic heterocycles. The van der Waals surface area contributed by atoms with Crippen LogP contribution in [0.2, 0.25) is 5.02 Å². The molecule has 0 radical (unpaired) electrons. The summed E-state index contributed by atoms with van der Waals surface area (Å²) in [7, 11) is 0. The Balaban J connectivity index is 1.43. The van der Waals surface area contributed by atoms with Crippen molar-refractivity contribution in [2.24, 2.45) is 0 Å². The summed E-state index contributed by atoms with van der Waals surface area (Å²) in [5, 5.41) is 13.2. The lowest BCUT2D eigenvalue weighted by molar-refractivity contribution is 0.0587. The number of carbonyl (C=O) groups excluding carboxylic acids is 1. The number of likely N-dealkylation sites (tertiary alicyclic amines) is 1. The lowest BCUT2D eigenvalue weighted by Gasteiger charge is -2.35. The Kier molecular flexibility index (Phi) is 5.71. The van der Waals surface area contributed by atoms with Crippen molar-refractivity contribution in [1.82, 2.24) is 29.7 Å². The van der Waals surface area contributed by atoms with Crippen LogP contribution in [-0.2, 0) is 13.1 Å². The highest BCUT2D eigenvalue weighted by Crippen LogP contribution is 2.22. The smallest absolute Gasteiger partial charge is 0.276 e. The highest BCUT2D eigenvalue weighted by Gasteiger charge is 2.29. The van der Waals surface area contributed by atoms with Crippen molar-refractivity contribution in [1.29, 1.82) is 0 Å². The quantitative estimate of drug-likeness (QED) is 0.639. The van der Waals surface area contributed by atoms with Gasteiger partial charge >= 0.3 is 0 Å². The van der Waals surface area contributed by atoms with Crippen LogP contribution in [0, 0.1) is 0 Å². The van der Waals surface area contributed by atoms with E-state index in [-0.39, 0.29) is 11.9 Å². The second-order valence-corrected chi connectivity index (χ2v) is 7.51. The van der Waals surface area contributed by atoms with Crippen LogP contribution >= 0.6 is 11.6 Å². The Morgan fingerprint density at radius 1 is 1.18 bits per heavy atom. The molecule has 146 valence electrons. The molecule has 0 N–H and O–H groups in total. The van der Waals surface area contributed by atoms with Crippen LogP contribution in [0.3, 0.4) is 0 Å². The highest BCUT2D eigenvalue weighted by atomic mass is 35.5. The topological polar surface area (TPSA) is 68.8 Å². The number of amides is 1. The summed E-state index contributed by atoms with van der Waals surface area (Å²) < 4.78 is 3.58. The molecule has 0 spiro atoms. The van der Waals surface area contributed by atoms with E-state index >= 15 is 0 Å². The zero-order valence-electron chi connectivity index (χ0n) is 15.6. The minimum Gasteiger partial charge on any atom is -0.334 e. The maximum Gasteiger partial charge on any atom is 0.276 e. The molecule has 4 rings (SSSR count). The molecular formula is C20H23ClN6O. The number of piperidine rings is 1. The SMILES string of the molecule is O=C(c1cn(Cc2ccccc2Cl)nn1)N1CCCC[C@H]1CCn1cccn1. The molecule has 8 heteroatoms. The van der Waals surface area contributed by atoms with E-state index in [2.05, 4.69) is 15.4 Å². The fourth-order valence-corrected chi connectivity index (χ4v) is 3.90. The summed E-state index contributed by atoms with van der Waals surface area (Å²) in [6.07, 6.45) is 9.52. The molecule has 0 unspecified atom stereocenters. The molecule has 1 atom stereocenters. The van der Waals surface area contributed by atoms with Gasteiger partial charge in [0.2, 0.25) is 0 Å². The molecular weight excluding hydrogens is 376 g/mol. The predicted molar refractivity (Wildman–Crippen MR) is 106 cm³/mol. The molecule has 1 aromatic carbocycles. The lowest BCUT2D eigenvalue weighted by Crippen LogP contribution is -2.44. The standard InChI is InChI=1S/C20H23ClN6O/c21-18-8-2-1-6-16(18)14-26-15-19(23-24-26)20(28)27-12-4-3-7-17(27)9-13-25-11-5-10-22-25/h1-2,5-6,8,10-11,15,17H,3-4,7,9,12-14H2/t17-/m0/s1. The van der Waals surface area contributed by atoms with E-state index in [1.54, 1.807) is 17.1 Å². The third-order valence-electron chi connectivity index (χ3n) is 5.19. The van der Waals surface area contributed by atoms with Crippen molar-refractivity contribution < 1.29 is 4.79 Å². The molecule has 0 saturated carbocycles. The molecule has 0 bridgehead atoms. The first kappa shape index (κ1) is 18.7. The predicted octanol–water partition coefficient (Wildman–Crippen LogP) is 3.26. The van der Waals surface area contributed by atoms with Crippen LogP contribution < -0.4 is 0 Å². The zero-order chi connectivity index (χ0) is 19.3. The normalized spacial score (nSPS) is 17.0. The Bertz CT molecular complexity index is 922. The summed E-state index contributed by atoms with van der Waals surface area (Å²) in [5.74, 6) is -0.0458. The first-order valence-electron chi connectivity index (χ1n) is 9.62. The van der Waals surface area contributed by atoms with E-state index in [1.807, 2.05) is 46.1 Å². The Hall–Kier alpha value is -2.67. The van der Waals surface area contributed by atoms with Gasteiger partial charge in [0, 0.05) is 36.5 Å². The average Bonchev–Trinajstić information content (AvgIpc) is 3.40. The van der Waals surface area contributed by atoms with Gasteiger partial charge in [-0.05, 0) is 43.4 Å². The molecule has 1 aliphatic heterocycles. The fourth-order valence-electron chi connectivity index (χ4n) is 3.70. The van der Waals surface area contributed by atoms with Gasteiger partial charge in [-0.2, -0.15) is 5.10 Å². The van der Waals surface area contributed by atoms with Crippen molar-refractivity contribution in [3.8, 4) is 0 Å². The van der Waals surface area contributed by atoms with E-state index in [1.165, 1.54) is 0 Å². The molecule has 28 heavy (non-hydrogen) atoms. The third-order valence-corrected chi connectivity index (χ3v) is 5.56. The van der Waals surface area contributed by atoms with E-state index in [0.717, 1.165) is 44.3 Å². The number of aryl methyl sites for hydroxylation is 1. The van der Waals surface area contributed by atoms with Gasteiger partial charge in [0.05, 0.1) is 12.7 Å². The number of carbonyl (C=O) groups is 1. The van der Waals surface area contributed by atoms with Gasteiger partial charge in [-0.25, -0.2) is 4.68 Å². The molecule has 0 aliphatic carbocycles. The van der Waals surface area contributed by atoms with E-state index < -0.39 is 0 Å². The molecule has 1 amide bonds. The van der Waals surface area contributed by atoms with Crippen LogP contribution in [-0.4, -0.2) is 48.2 Å². The van der Waals surface area contributed by atoms with Crippen LogP contribution in [0.5, 0.6) is 0 Å². The minimum atomic E-state index is -0.0458. The second-order valence-electron chi connectivity index (χ2n) is 7.10. The Morgan fingerprint density at radius 2 is 2.07 bits per heavy atom. The van der Waals surface area contributed by atoms with Crippen LogP contribution in [0.4, 0.5) is 0 Å². The van der Waals surface area contributed by atoms with Gasteiger partial charge < -0.3 is 4.90 Å². The van der Waals surface area contributed by atoms with Crippen LogP contribution in [0.1, 0.15) is 41.7 Å². The maximum absolute atomic E-state index is 13.1. The lowest BCUT2D eigenvalue weighted by atomic mass is 9.99. The summed E-state index contributed by atoms with van der Waals surface area (Å²) in [6, 6.07) is 9.74. The average molecular weight is 399 g/mol. The molecule has 1 saturated heterocycles. The van der Waals surface area contributed by atoms with Crippen molar-refractivity contribution in [2.75, 3.05) is 6.54 Å². The molecule has 1 aliphatic rings. The van der Waals surface area contributed by atoms with Gasteiger partial charge in [0.15, 0.2) is 5.69 Å².